The van der Waals surface area contributed by atoms with Crippen molar-refractivity contribution in [2.45, 2.75) is 44.9 Å². The molecule has 1 rings (SSSR count). The van der Waals surface area contributed by atoms with E-state index in [1.54, 1.807) is 6.92 Å². The van der Waals surface area contributed by atoms with E-state index in [2.05, 4.69) is 4.74 Å². The van der Waals surface area contributed by atoms with E-state index in [0.29, 0.717) is 18.4 Å². The van der Waals surface area contributed by atoms with E-state index >= 15 is 0 Å². The van der Waals surface area contributed by atoms with Crippen LogP contribution in [-0.4, -0.2) is 32.2 Å². The molecule has 24 heavy (non-hydrogen) atoms. The highest BCUT2D eigenvalue weighted by Gasteiger charge is 2.61. The number of alkyl halides is 5. The van der Waals surface area contributed by atoms with Gasteiger partial charge in [0.1, 0.15) is 5.75 Å². The zero-order valence-electron chi connectivity index (χ0n) is 13.2. The molecule has 0 N–H and O–H groups in total. The van der Waals surface area contributed by atoms with Crippen molar-refractivity contribution in [2.75, 3.05) is 11.5 Å². The van der Waals surface area contributed by atoms with Crippen molar-refractivity contribution in [2.24, 2.45) is 0 Å². The Morgan fingerprint density at radius 3 is 2.33 bits per heavy atom. The Bertz CT molecular complexity index is 641. The fourth-order valence-electron chi connectivity index (χ4n) is 2.02. The SMILES string of the molecule is CCCCS(=O)(=O)C[C@H](C)c1cccc(OC(F)(F)C(F)(F)F)c1. The zero-order valence-corrected chi connectivity index (χ0v) is 14.1. The molecule has 1 atom stereocenters. The van der Waals surface area contributed by atoms with Crippen molar-refractivity contribution in [3.8, 4) is 5.75 Å². The molecule has 0 amide bonds. The normalized spacial score (nSPS) is 14.5. The van der Waals surface area contributed by atoms with Crippen molar-refractivity contribution in [1.82, 2.24) is 0 Å². The predicted octanol–water partition coefficient (Wildman–Crippen LogP) is 4.54. The summed E-state index contributed by atoms with van der Waals surface area (Å²) < 4.78 is 89.9. The van der Waals surface area contributed by atoms with Gasteiger partial charge in [0.05, 0.1) is 11.5 Å². The van der Waals surface area contributed by atoms with Gasteiger partial charge in [0.25, 0.3) is 0 Å². The molecule has 138 valence electrons. The van der Waals surface area contributed by atoms with E-state index in [9.17, 15) is 30.4 Å². The monoisotopic (exact) mass is 374 g/mol. The second-order valence-corrected chi connectivity index (χ2v) is 7.79. The molecule has 0 aliphatic rings. The van der Waals surface area contributed by atoms with Crippen molar-refractivity contribution in [3.05, 3.63) is 29.8 Å². The van der Waals surface area contributed by atoms with E-state index in [1.165, 1.54) is 12.1 Å². The third kappa shape index (κ3) is 5.92. The largest absolute Gasteiger partial charge is 0.499 e. The minimum atomic E-state index is -5.84. The Hall–Kier alpha value is -1.38. The molecule has 3 nitrogen and oxygen atoms in total. The number of ether oxygens (including phenoxy) is 1. The summed E-state index contributed by atoms with van der Waals surface area (Å²) in [6.45, 7) is 3.41. The van der Waals surface area contributed by atoms with Gasteiger partial charge in [-0.15, -0.1) is 0 Å². The number of hydrogen-bond donors (Lipinski definition) is 0. The summed E-state index contributed by atoms with van der Waals surface area (Å²) in [7, 11) is -3.33. The van der Waals surface area contributed by atoms with Crippen molar-refractivity contribution in [3.63, 3.8) is 0 Å². The quantitative estimate of drug-likeness (QED) is 0.628. The molecule has 0 unspecified atom stereocenters. The predicted molar refractivity (Wildman–Crippen MR) is 80.0 cm³/mol. The number of sulfone groups is 1. The van der Waals surface area contributed by atoms with Crippen LogP contribution in [0.1, 0.15) is 38.2 Å². The van der Waals surface area contributed by atoms with Crippen LogP contribution in [0.3, 0.4) is 0 Å². The molecule has 0 aliphatic carbocycles. The highest BCUT2D eigenvalue weighted by molar-refractivity contribution is 7.91. The van der Waals surface area contributed by atoms with Gasteiger partial charge in [-0.2, -0.15) is 22.0 Å². The summed E-state index contributed by atoms with van der Waals surface area (Å²) >= 11 is 0. The smallest absolute Gasteiger partial charge is 0.426 e. The Morgan fingerprint density at radius 2 is 1.79 bits per heavy atom. The van der Waals surface area contributed by atoms with Crippen molar-refractivity contribution in [1.29, 1.82) is 0 Å². The Balaban J connectivity index is 2.89. The van der Waals surface area contributed by atoms with Gasteiger partial charge in [-0.25, -0.2) is 8.42 Å². The molecule has 0 saturated carbocycles. The van der Waals surface area contributed by atoms with Gasteiger partial charge in [-0.3, -0.25) is 0 Å². The summed E-state index contributed by atoms with van der Waals surface area (Å²) in [5, 5.41) is 0. The van der Waals surface area contributed by atoms with Crippen LogP contribution in [0.15, 0.2) is 24.3 Å². The molecule has 0 spiro atoms. The first-order chi connectivity index (χ1) is 10.9. The van der Waals surface area contributed by atoms with Crippen molar-refractivity contribution >= 4 is 9.84 Å². The van der Waals surface area contributed by atoms with Gasteiger partial charge >= 0.3 is 12.3 Å². The van der Waals surface area contributed by atoms with Crippen LogP contribution in [0.5, 0.6) is 5.75 Å². The second-order valence-electron chi connectivity index (χ2n) is 5.56. The fourth-order valence-corrected chi connectivity index (χ4v) is 3.86. The minimum Gasteiger partial charge on any atom is -0.426 e. The van der Waals surface area contributed by atoms with Crippen LogP contribution < -0.4 is 4.74 Å². The van der Waals surface area contributed by atoms with Crippen LogP contribution in [0.2, 0.25) is 0 Å². The lowest BCUT2D eigenvalue weighted by Crippen LogP contribution is -2.41. The first-order valence-electron chi connectivity index (χ1n) is 7.32. The lowest BCUT2D eigenvalue weighted by molar-refractivity contribution is -0.360. The third-order valence-electron chi connectivity index (χ3n) is 3.32. The van der Waals surface area contributed by atoms with Gasteiger partial charge in [-0.05, 0) is 30.0 Å². The van der Waals surface area contributed by atoms with Crippen LogP contribution in [0.4, 0.5) is 22.0 Å². The topological polar surface area (TPSA) is 43.4 Å². The first-order valence-corrected chi connectivity index (χ1v) is 9.14. The summed E-state index contributed by atoms with van der Waals surface area (Å²) in [6, 6.07) is 4.66. The summed E-state index contributed by atoms with van der Waals surface area (Å²) in [5.41, 5.74) is 0.311. The average molecular weight is 374 g/mol. The molecule has 0 fully saturated rings. The maximum Gasteiger partial charge on any atom is 0.499 e. The Morgan fingerprint density at radius 1 is 1.17 bits per heavy atom. The van der Waals surface area contributed by atoms with E-state index in [-0.39, 0.29) is 11.5 Å². The fraction of sp³-hybridized carbons (Fsp3) is 0.600. The molecule has 0 heterocycles. The second kappa shape index (κ2) is 7.67. The maximum atomic E-state index is 12.9. The zero-order chi connectivity index (χ0) is 18.6. The minimum absolute atomic E-state index is 0.0101. The van der Waals surface area contributed by atoms with E-state index in [0.717, 1.165) is 12.1 Å². The number of hydrogen-bond acceptors (Lipinski definition) is 3. The van der Waals surface area contributed by atoms with E-state index in [4.69, 9.17) is 0 Å². The molecular formula is C15H19F5O3S. The van der Waals surface area contributed by atoms with Crippen LogP contribution >= 0.6 is 0 Å². The summed E-state index contributed by atoms with van der Waals surface area (Å²) in [6.07, 6.45) is -9.93. The molecule has 9 heteroatoms. The average Bonchev–Trinajstić information content (AvgIpc) is 2.43. The summed E-state index contributed by atoms with van der Waals surface area (Å²) in [5.74, 6) is -1.44. The number of benzene rings is 1. The molecule has 0 bridgehead atoms. The van der Waals surface area contributed by atoms with Crippen LogP contribution in [-0.2, 0) is 9.84 Å². The van der Waals surface area contributed by atoms with Gasteiger partial charge in [0.2, 0.25) is 0 Å². The number of rotatable bonds is 8. The van der Waals surface area contributed by atoms with Gasteiger partial charge in [0, 0.05) is 0 Å². The highest BCUT2D eigenvalue weighted by Crippen LogP contribution is 2.37. The lowest BCUT2D eigenvalue weighted by Gasteiger charge is -2.21. The maximum absolute atomic E-state index is 12.9. The van der Waals surface area contributed by atoms with Crippen molar-refractivity contribution < 1.29 is 35.1 Å². The molecule has 1 aromatic carbocycles. The molecule has 0 aliphatic heterocycles. The van der Waals surface area contributed by atoms with Gasteiger partial charge in [-0.1, -0.05) is 32.4 Å². The Labute approximate surface area is 137 Å². The standard InChI is InChI=1S/C15H19F5O3S/c1-3-4-8-24(21,22)10-11(2)12-6-5-7-13(9-12)23-15(19,20)14(16,17)18/h5-7,9,11H,3-4,8,10H2,1-2H3/t11-/m0/s1. The third-order valence-corrected chi connectivity index (χ3v) is 5.23. The van der Waals surface area contributed by atoms with E-state index in [1.807, 2.05) is 6.92 Å². The molecule has 0 aromatic heterocycles. The highest BCUT2D eigenvalue weighted by atomic mass is 32.2. The molecular weight excluding hydrogens is 355 g/mol. The number of unbranched alkanes of at least 4 members (excludes halogenated alkanes) is 1. The van der Waals surface area contributed by atoms with Crippen LogP contribution in [0, 0.1) is 0 Å². The van der Waals surface area contributed by atoms with E-state index < -0.39 is 33.8 Å². The van der Waals surface area contributed by atoms with Gasteiger partial charge < -0.3 is 4.74 Å². The molecule has 1 aromatic rings. The summed E-state index contributed by atoms with van der Waals surface area (Å²) in [4.78, 5) is 0. The molecule has 0 radical (unpaired) electrons. The van der Waals surface area contributed by atoms with Gasteiger partial charge in [0.15, 0.2) is 9.84 Å². The Kier molecular flexibility index (Phi) is 6.60. The molecule has 0 saturated heterocycles. The van der Waals surface area contributed by atoms with Crippen LogP contribution in [0.25, 0.3) is 0 Å². The number of halogens is 5. The lowest BCUT2D eigenvalue weighted by atomic mass is 10.0. The first kappa shape index (κ1) is 20.7.